The van der Waals surface area contributed by atoms with Crippen LogP contribution in [0.4, 0.5) is 0 Å². The Morgan fingerprint density at radius 3 is 2.50 bits per heavy atom. The molecule has 0 fully saturated rings. The van der Waals surface area contributed by atoms with Gasteiger partial charge in [-0.1, -0.05) is 0 Å². The Hall–Kier alpha value is -0.747. The molecular formula is C23H27Cl2Zr. The molecule has 0 saturated carbocycles. The molecule has 0 nitrogen and oxygen atoms in total. The monoisotopic (exact) mass is 463 g/mol. The molecule has 0 N–H and O–H groups in total. The van der Waals surface area contributed by atoms with Crippen LogP contribution in [0.1, 0.15) is 37.3 Å². The van der Waals surface area contributed by atoms with E-state index in [0.717, 1.165) is 12.8 Å². The summed E-state index contributed by atoms with van der Waals surface area (Å²) in [6.07, 6.45) is 11.8. The van der Waals surface area contributed by atoms with Crippen LogP contribution in [-0.4, -0.2) is 4.21 Å². The maximum atomic E-state index is 5.00. The third-order valence-corrected chi connectivity index (χ3v) is 16.3. The Balaban J connectivity index is 0.00000121. The molecule has 0 aliphatic heterocycles. The van der Waals surface area contributed by atoms with Gasteiger partial charge in [0.2, 0.25) is 0 Å². The number of fused-ring (bicyclic) bond motifs is 3. The van der Waals surface area contributed by atoms with Gasteiger partial charge in [0.25, 0.3) is 0 Å². The topological polar surface area (TPSA) is 0 Å². The first-order chi connectivity index (χ1) is 11.7. The van der Waals surface area contributed by atoms with Crippen LogP contribution >= 0.6 is 24.8 Å². The zero-order valence-electron chi connectivity index (χ0n) is 15.3. The summed E-state index contributed by atoms with van der Waals surface area (Å²) in [4.78, 5) is 0. The zero-order chi connectivity index (χ0) is 16.6. The molecular weight excluding hydrogens is 438 g/mol. The van der Waals surface area contributed by atoms with Gasteiger partial charge in [0, 0.05) is 0 Å². The van der Waals surface area contributed by atoms with Crippen molar-refractivity contribution in [3.63, 3.8) is 0 Å². The van der Waals surface area contributed by atoms with Crippen LogP contribution in [0.5, 0.6) is 0 Å². The van der Waals surface area contributed by atoms with Crippen LogP contribution in [0.2, 0.25) is 4.13 Å². The molecule has 2 aromatic carbocycles. The van der Waals surface area contributed by atoms with E-state index in [9.17, 15) is 0 Å². The number of rotatable bonds is 5. The zero-order valence-corrected chi connectivity index (χ0v) is 19.4. The van der Waals surface area contributed by atoms with Crippen molar-refractivity contribution in [2.45, 2.75) is 36.7 Å². The van der Waals surface area contributed by atoms with Gasteiger partial charge in [-0.2, -0.15) is 0 Å². The van der Waals surface area contributed by atoms with Crippen LogP contribution in [0.15, 0.2) is 64.0 Å². The fourth-order valence-electron chi connectivity index (χ4n) is 4.35. The molecule has 0 aromatic heterocycles. The molecule has 0 amide bonds. The predicted octanol–water partition coefficient (Wildman–Crippen LogP) is 6.37. The van der Waals surface area contributed by atoms with E-state index >= 15 is 0 Å². The molecule has 3 heteroatoms. The third-order valence-electron chi connectivity index (χ3n) is 5.71. The average molecular weight is 466 g/mol. The molecule has 1 unspecified atom stereocenters. The number of hydrogen-bond donors (Lipinski definition) is 0. The summed E-state index contributed by atoms with van der Waals surface area (Å²) in [6, 6.07) is 15.9. The van der Waals surface area contributed by atoms with Crippen molar-refractivity contribution in [2.75, 3.05) is 0 Å². The molecule has 0 bridgehead atoms. The van der Waals surface area contributed by atoms with Gasteiger partial charge < -0.3 is 0 Å². The summed E-state index contributed by atoms with van der Waals surface area (Å²) in [7, 11) is 0. The summed E-state index contributed by atoms with van der Waals surface area (Å²) in [5, 5.41) is 0. The molecule has 26 heavy (non-hydrogen) atoms. The average Bonchev–Trinajstić information content (AvgIpc) is 3.27. The van der Waals surface area contributed by atoms with Crippen LogP contribution < -0.4 is 3.27 Å². The van der Waals surface area contributed by atoms with E-state index in [0.29, 0.717) is 0 Å². The van der Waals surface area contributed by atoms with Gasteiger partial charge in [-0.25, -0.2) is 0 Å². The number of hydrogen-bond acceptors (Lipinski definition) is 0. The maximum absolute atomic E-state index is 5.00. The van der Waals surface area contributed by atoms with E-state index in [4.69, 9.17) is 4.21 Å². The van der Waals surface area contributed by atoms with Crippen LogP contribution in [0.3, 0.4) is 0 Å². The van der Waals surface area contributed by atoms with Crippen molar-refractivity contribution in [1.82, 2.24) is 0 Å². The molecule has 0 radical (unpaired) electrons. The minimum absolute atomic E-state index is 0. The Morgan fingerprint density at radius 1 is 1.00 bits per heavy atom. The first-order valence-corrected chi connectivity index (χ1v) is 15.1. The van der Waals surface area contributed by atoms with E-state index < -0.39 is 19.8 Å². The van der Waals surface area contributed by atoms with Gasteiger partial charge in [-0.3, -0.25) is 0 Å². The van der Waals surface area contributed by atoms with Gasteiger partial charge in [-0.05, 0) is 0 Å². The summed E-state index contributed by atoms with van der Waals surface area (Å²) in [5.41, 5.74) is 5.99. The number of unbranched alkanes of at least 4 members (excludes halogenated alkanes) is 1. The van der Waals surface area contributed by atoms with Crippen LogP contribution in [0.25, 0.3) is 11.1 Å². The number of benzene rings is 2. The van der Waals surface area contributed by atoms with Crippen molar-refractivity contribution in [1.29, 1.82) is 0 Å². The minimum atomic E-state index is -2.77. The molecule has 4 rings (SSSR count). The summed E-state index contributed by atoms with van der Waals surface area (Å²) < 4.78 is 9.68. The molecule has 2 aliphatic rings. The van der Waals surface area contributed by atoms with Crippen molar-refractivity contribution >= 4 is 32.3 Å². The van der Waals surface area contributed by atoms with Crippen LogP contribution in [0, 0.1) is 0 Å². The van der Waals surface area contributed by atoms with Gasteiger partial charge in [0.15, 0.2) is 0 Å². The summed E-state index contributed by atoms with van der Waals surface area (Å²) in [6.45, 7) is 2.30. The molecule has 137 valence electrons. The predicted molar refractivity (Wildman–Crippen MR) is 117 cm³/mol. The normalized spacial score (nSPS) is 16.0. The van der Waals surface area contributed by atoms with Crippen molar-refractivity contribution < 1.29 is 19.8 Å². The second kappa shape index (κ2) is 8.96. The second-order valence-corrected chi connectivity index (χ2v) is 16.6. The molecule has 0 spiro atoms. The molecule has 0 saturated heterocycles. The van der Waals surface area contributed by atoms with Crippen molar-refractivity contribution in [3.8, 4) is 11.1 Å². The Labute approximate surface area is 174 Å². The third kappa shape index (κ3) is 3.64. The molecule has 0 heterocycles. The quantitative estimate of drug-likeness (QED) is 0.410. The second-order valence-electron chi connectivity index (χ2n) is 7.18. The first kappa shape index (κ1) is 21.6. The van der Waals surface area contributed by atoms with E-state index in [-0.39, 0.29) is 24.8 Å². The fraction of sp³-hybridized carbons (Fsp3) is 0.261. The van der Waals surface area contributed by atoms with Gasteiger partial charge in [0.05, 0.1) is 0 Å². The van der Waals surface area contributed by atoms with E-state index in [1.54, 1.807) is 12.1 Å². The first-order valence-electron chi connectivity index (χ1n) is 9.16. The van der Waals surface area contributed by atoms with Crippen molar-refractivity contribution in [3.05, 3.63) is 75.1 Å². The molecule has 2 aromatic rings. The number of allylic oxidation sites excluding steroid dienone is 4. The van der Waals surface area contributed by atoms with Gasteiger partial charge >= 0.3 is 150 Å². The standard InChI is InChI=1S/C13H9.C5H5.C4H9.CH2.2ClH.Zr/c1-3-7-12-10(5-1)9-11-6-2-4-8-13(11)12;1-2-4-5-3-1;1-3-4-2;;;;/h1-5,7-8H,9H2;1-3H,4H2;1,3-4H2,2H3;1H2;2*1H;. The SMILES string of the molecule is Cl.Cl.[CH2]=[Zr]([CH2]CCC)([C]1=CC=CC1)[c]1cccc2c1Cc1ccccc1-2. The van der Waals surface area contributed by atoms with E-state index in [1.165, 1.54) is 33.7 Å². The van der Waals surface area contributed by atoms with Gasteiger partial charge in [-0.15, -0.1) is 24.8 Å². The van der Waals surface area contributed by atoms with Gasteiger partial charge in [0.1, 0.15) is 0 Å². The summed E-state index contributed by atoms with van der Waals surface area (Å²) >= 11 is -2.77. The Morgan fingerprint density at radius 2 is 1.77 bits per heavy atom. The Kier molecular flexibility index (Phi) is 7.43. The van der Waals surface area contributed by atoms with E-state index in [2.05, 4.69) is 67.6 Å². The molecule has 1 atom stereocenters. The molecule has 2 aliphatic carbocycles. The van der Waals surface area contributed by atoms with Crippen molar-refractivity contribution in [2.24, 2.45) is 0 Å². The fourth-order valence-corrected chi connectivity index (χ4v) is 14.3. The summed E-state index contributed by atoms with van der Waals surface area (Å²) in [5.74, 6) is 0. The number of halogens is 2. The Bertz CT molecular complexity index is 893. The van der Waals surface area contributed by atoms with E-state index in [1.807, 2.05) is 0 Å². The van der Waals surface area contributed by atoms with Crippen LogP contribution in [-0.2, 0) is 26.2 Å².